The van der Waals surface area contributed by atoms with E-state index in [1.165, 1.54) is 13.2 Å². The molecule has 0 spiro atoms. The van der Waals surface area contributed by atoms with Gasteiger partial charge in [-0.2, -0.15) is 0 Å². The number of aromatic nitrogens is 1. The van der Waals surface area contributed by atoms with Gasteiger partial charge in [0.05, 0.1) is 23.8 Å². The van der Waals surface area contributed by atoms with Gasteiger partial charge >= 0.3 is 0 Å². The van der Waals surface area contributed by atoms with E-state index in [1.807, 2.05) is 13.8 Å². The van der Waals surface area contributed by atoms with Crippen LogP contribution in [0.5, 0.6) is 11.6 Å². The van der Waals surface area contributed by atoms with E-state index in [9.17, 15) is 9.18 Å². The number of nitrogens with zero attached hydrogens (tertiary/aromatic N) is 1. The first-order valence-corrected chi connectivity index (χ1v) is 8.70. The number of hydrogen-bond donors (Lipinski definition) is 1. The molecule has 5 nitrogen and oxygen atoms in total. The molecule has 0 saturated carbocycles. The van der Waals surface area contributed by atoms with Crippen LogP contribution in [0.1, 0.15) is 35.7 Å². The SMILES string of the molecule is CCCCOc1cc(Br)c(F)cc1C(=O)Nc1c(C)ccnc1OC. The van der Waals surface area contributed by atoms with Crippen LogP contribution >= 0.6 is 15.9 Å². The molecule has 1 heterocycles. The molecular weight excluding hydrogens is 391 g/mol. The average molecular weight is 411 g/mol. The minimum atomic E-state index is -0.539. The third kappa shape index (κ3) is 4.69. The zero-order chi connectivity index (χ0) is 18.4. The van der Waals surface area contributed by atoms with Crippen LogP contribution in [0.25, 0.3) is 0 Å². The normalized spacial score (nSPS) is 10.4. The third-order valence-electron chi connectivity index (χ3n) is 3.58. The molecule has 134 valence electrons. The lowest BCUT2D eigenvalue weighted by Gasteiger charge is -2.15. The van der Waals surface area contributed by atoms with Crippen LogP contribution in [0.3, 0.4) is 0 Å². The van der Waals surface area contributed by atoms with Crippen LogP contribution in [0.2, 0.25) is 0 Å². The molecule has 0 radical (unpaired) electrons. The van der Waals surface area contributed by atoms with E-state index in [0.717, 1.165) is 24.5 Å². The predicted molar refractivity (Wildman–Crippen MR) is 98.0 cm³/mol. The van der Waals surface area contributed by atoms with Gasteiger partial charge in [-0.1, -0.05) is 13.3 Å². The summed E-state index contributed by atoms with van der Waals surface area (Å²) in [6.07, 6.45) is 3.38. The van der Waals surface area contributed by atoms with Crippen molar-refractivity contribution in [3.8, 4) is 11.6 Å². The molecule has 0 aliphatic rings. The summed E-state index contributed by atoms with van der Waals surface area (Å²) in [5.74, 6) is -0.422. The Balaban J connectivity index is 2.34. The van der Waals surface area contributed by atoms with E-state index in [1.54, 1.807) is 12.3 Å². The maximum atomic E-state index is 14.0. The second-order valence-corrected chi connectivity index (χ2v) is 6.29. The number of nitrogens with one attached hydrogen (secondary N) is 1. The Bertz CT molecular complexity index is 768. The van der Waals surface area contributed by atoms with Crippen molar-refractivity contribution in [1.82, 2.24) is 4.98 Å². The number of carbonyl (C=O) groups excluding carboxylic acids is 1. The largest absolute Gasteiger partial charge is 0.493 e. The monoisotopic (exact) mass is 410 g/mol. The molecule has 1 N–H and O–H groups in total. The van der Waals surface area contributed by atoms with E-state index in [-0.39, 0.29) is 10.0 Å². The highest BCUT2D eigenvalue weighted by Gasteiger charge is 2.19. The van der Waals surface area contributed by atoms with Crippen LogP contribution in [-0.2, 0) is 0 Å². The molecule has 0 atom stereocenters. The van der Waals surface area contributed by atoms with Crippen LogP contribution in [0, 0.1) is 12.7 Å². The van der Waals surface area contributed by atoms with E-state index in [2.05, 4.69) is 26.2 Å². The number of aryl methyl sites for hydroxylation is 1. The smallest absolute Gasteiger partial charge is 0.259 e. The van der Waals surface area contributed by atoms with Crippen molar-refractivity contribution < 1.29 is 18.7 Å². The Kier molecular flexibility index (Phi) is 6.75. The Morgan fingerprint density at radius 1 is 1.40 bits per heavy atom. The van der Waals surface area contributed by atoms with Gasteiger partial charge in [0.2, 0.25) is 5.88 Å². The Hall–Kier alpha value is -2.15. The highest BCUT2D eigenvalue weighted by atomic mass is 79.9. The lowest BCUT2D eigenvalue weighted by Crippen LogP contribution is -2.16. The summed E-state index contributed by atoms with van der Waals surface area (Å²) >= 11 is 3.12. The van der Waals surface area contributed by atoms with Crippen LogP contribution in [0.15, 0.2) is 28.9 Å². The molecule has 2 rings (SSSR count). The molecule has 0 fully saturated rings. The zero-order valence-electron chi connectivity index (χ0n) is 14.4. The summed E-state index contributed by atoms with van der Waals surface area (Å²) in [7, 11) is 1.47. The van der Waals surface area contributed by atoms with Crippen LogP contribution < -0.4 is 14.8 Å². The number of anilines is 1. The van der Waals surface area contributed by atoms with Crippen molar-refractivity contribution in [2.45, 2.75) is 26.7 Å². The van der Waals surface area contributed by atoms with E-state index >= 15 is 0 Å². The summed E-state index contributed by atoms with van der Waals surface area (Å²) in [6, 6.07) is 4.37. The third-order valence-corrected chi connectivity index (χ3v) is 4.19. The first kappa shape index (κ1) is 19.2. The molecule has 25 heavy (non-hydrogen) atoms. The first-order chi connectivity index (χ1) is 12.0. The van der Waals surface area contributed by atoms with E-state index in [0.29, 0.717) is 23.9 Å². The highest BCUT2D eigenvalue weighted by molar-refractivity contribution is 9.10. The number of unbranched alkanes of at least 4 members (excludes halogenated alkanes) is 1. The summed E-state index contributed by atoms with van der Waals surface area (Å²) in [6.45, 7) is 4.31. The van der Waals surface area contributed by atoms with Crippen molar-refractivity contribution in [2.75, 3.05) is 19.0 Å². The molecular formula is C18H20BrFN2O3. The van der Waals surface area contributed by atoms with Crippen molar-refractivity contribution in [2.24, 2.45) is 0 Å². The average Bonchev–Trinajstić information content (AvgIpc) is 2.59. The molecule has 0 unspecified atom stereocenters. The second-order valence-electron chi connectivity index (χ2n) is 5.43. The van der Waals surface area contributed by atoms with Gasteiger partial charge in [0.15, 0.2) is 0 Å². The molecule has 7 heteroatoms. The Labute approximate surface area is 154 Å². The van der Waals surface area contributed by atoms with E-state index in [4.69, 9.17) is 9.47 Å². The maximum absolute atomic E-state index is 14.0. The van der Waals surface area contributed by atoms with Crippen molar-refractivity contribution in [3.63, 3.8) is 0 Å². The number of amides is 1. The van der Waals surface area contributed by atoms with Crippen LogP contribution in [-0.4, -0.2) is 24.6 Å². The number of benzene rings is 1. The molecule has 1 aromatic heterocycles. The van der Waals surface area contributed by atoms with Crippen molar-refractivity contribution >= 4 is 27.5 Å². The molecule has 0 bridgehead atoms. The van der Waals surface area contributed by atoms with Gasteiger partial charge < -0.3 is 14.8 Å². The fourth-order valence-electron chi connectivity index (χ4n) is 2.17. The summed E-state index contributed by atoms with van der Waals surface area (Å²) in [4.78, 5) is 16.8. The number of ether oxygens (including phenoxy) is 2. The minimum absolute atomic E-state index is 0.113. The lowest BCUT2D eigenvalue weighted by molar-refractivity contribution is 0.102. The molecule has 0 saturated heterocycles. The second kappa shape index (κ2) is 8.80. The Morgan fingerprint density at radius 2 is 2.16 bits per heavy atom. The van der Waals surface area contributed by atoms with Gasteiger partial charge in [0, 0.05) is 6.20 Å². The first-order valence-electron chi connectivity index (χ1n) is 7.90. The van der Waals surface area contributed by atoms with Crippen LogP contribution in [0.4, 0.5) is 10.1 Å². The quantitative estimate of drug-likeness (QED) is 0.670. The topological polar surface area (TPSA) is 60.5 Å². The van der Waals surface area contributed by atoms with Gasteiger partial charge in [0.25, 0.3) is 5.91 Å². The van der Waals surface area contributed by atoms with Crippen molar-refractivity contribution in [1.29, 1.82) is 0 Å². The summed E-state index contributed by atoms with van der Waals surface area (Å²) in [5, 5.41) is 2.74. The fraction of sp³-hybridized carbons (Fsp3) is 0.333. The molecule has 1 amide bonds. The van der Waals surface area contributed by atoms with Gasteiger partial charge in [-0.15, -0.1) is 0 Å². The minimum Gasteiger partial charge on any atom is -0.493 e. The molecule has 0 aliphatic heterocycles. The maximum Gasteiger partial charge on any atom is 0.259 e. The number of methoxy groups -OCH3 is 1. The fourth-order valence-corrected chi connectivity index (χ4v) is 2.50. The summed E-state index contributed by atoms with van der Waals surface area (Å²) in [5.41, 5.74) is 1.34. The van der Waals surface area contributed by atoms with Gasteiger partial charge in [-0.05, 0) is 53.0 Å². The van der Waals surface area contributed by atoms with Crippen molar-refractivity contribution in [3.05, 3.63) is 45.8 Å². The van der Waals surface area contributed by atoms with Gasteiger partial charge in [-0.25, -0.2) is 9.37 Å². The highest BCUT2D eigenvalue weighted by Crippen LogP contribution is 2.30. The molecule has 0 aliphatic carbocycles. The number of carbonyl (C=O) groups is 1. The number of pyridine rings is 1. The summed E-state index contributed by atoms with van der Waals surface area (Å²) < 4.78 is 25.0. The predicted octanol–water partition coefficient (Wildman–Crippen LogP) is 4.73. The number of rotatable bonds is 7. The van der Waals surface area contributed by atoms with Gasteiger partial charge in [-0.3, -0.25) is 4.79 Å². The molecule has 1 aromatic carbocycles. The lowest BCUT2D eigenvalue weighted by atomic mass is 10.1. The van der Waals surface area contributed by atoms with E-state index < -0.39 is 11.7 Å². The standard InChI is InChI=1S/C18H20BrFN2O3/c1-4-5-8-25-15-10-13(19)14(20)9-12(15)17(23)22-16-11(2)6-7-21-18(16)24-3/h6-7,9-10H,4-5,8H2,1-3H3,(H,22,23). The van der Waals surface area contributed by atoms with Gasteiger partial charge in [0.1, 0.15) is 17.3 Å². The Morgan fingerprint density at radius 3 is 2.84 bits per heavy atom. The zero-order valence-corrected chi connectivity index (χ0v) is 15.9. The number of hydrogen-bond acceptors (Lipinski definition) is 4. The molecule has 2 aromatic rings. The number of halogens is 2.